The molecule has 0 unspecified atom stereocenters. The van der Waals surface area contributed by atoms with E-state index in [0.29, 0.717) is 0 Å². The molecule has 0 saturated carbocycles. The van der Waals surface area contributed by atoms with Crippen LogP contribution < -0.4 is 0 Å². The zero-order chi connectivity index (χ0) is 19.0. The van der Waals surface area contributed by atoms with Crippen molar-refractivity contribution in [3.05, 3.63) is 0 Å². The molecular formula is C24H50S2. The third-order valence-electron chi connectivity index (χ3n) is 5.25. The van der Waals surface area contributed by atoms with Gasteiger partial charge >= 0.3 is 0 Å². The Morgan fingerprint density at radius 3 is 0.808 bits per heavy atom. The highest BCUT2D eigenvalue weighted by Crippen LogP contribution is 2.25. The van der Waals surface area contributed by atoms with Crippen LogP contribution in [0.4, 0.5) is 0 Å². The van der Waals surface area contributed by atoms with Gasteiger partial charge in [-0.05, 0) is 12.8 Å². The second kappa shape index (κ2) is 25.7. The molecule has 0 heterocycles. The van der Waals surface area contributed by atoms with E-state index in [1.807, 2.05) is 0 Å². The number of hydrogen-bond donors (Lipinski definition) is 0. The van der Waals surface area contributed by atoms with Crippen molar-refractivity contribution in [1.29, 1.82) is 0 Å². The molecule has 0 amide bonds. The van der Waals surface area contributed by atoms with Crippen molar-refractivity contribution in [2.75, 3.05) is 11.5 Å². The normalized spacial score (nSPS) is 11.3. The van der Waals surface area contributed by atoms with Crippen LogP contribution in [0.15, 0.2) is 0 Å². The Morgan fingerprint density at radius 1 is 0.308 bits per heavy atom. The fourth-order valence-corrected chi connectivity index (χ4v) is 5.71. The third-order valence-corrected chi connectivity index (χ3v) is 7.82. The number of unbranched alkanes of at least 4 members (excludes halogenated alkanes) is 18. The van der Waals surface area contributed by atoms with Gasteiger partial charge in [0.05, 0.1) is 0 Å². The molecule has 26 heavy (non-hydrogen) atoms. The average Bonchev–Trinajstić information content (AvgIpc) is 2.66. The predicted octanol–water partition coefficient (Wildman–Crippen LogP) is 10.2. The molecule has 0 aliphatic rings. The first-order chi connectivity index (χ1) is 12.9. The van der Waals surface area contributed by atoms with Crippen LogP contribution in [0.5, 0.6) is 0 Å². The minimum Gasteiger partial charge on any atom is -0.0942 e. The van der Waals surface area contributed by atoms with E-state index in [2.05, 4.69) is 35.4 Å². The summed E-state index contributed by atoms with van der Waals surface area (Å²) in [5.41, 5.74) is 0. The third kappa shape index (κ3) is 24.7. The van der Waals surface area contributed by atoms with Crippen molar-refractivity contribution in [2.45, 2.75) is 142 Å². The minimum atomic E-state index is 1.37. The molecule has 0 N–H and O–H groups in total. The van der Waals surface area contributed by atoms with Crippen molar-refractivity contribution in [1.82, 2.24) is 0 Å². The standard InChI is InChI=1S/C24H50S2/c1-3-5-7-9-11-13-15-17-19-21-23-25-26-24-22-20-18-16-14-12-10-8-6-4-2/h3-24H2,1-2H3. The van der Waals surface area contributed by atoms with E-state index in [4.69, 9.17) is 0 Å². The average molecular weight is 403 g/mol. The molecule has 0 aliphatic heterocycles. The first-order valence-electron chi connectivity index (χ1n) is 12.2. The molecule has 0 spiro atoms. The molecule has 0 nitrogen and oxygen atoms in total. The van der Waals surface area contributed by atoms with Crippen LogP contribution in [0.2, 0.25) is 0 Å². The molecule has 0 radical (unpaired) electrons. The highest BCUT2D eigenvalue weighted by Gasteiger charge is 1.96. The van der Waals surface area contributed by atoms with Crippen molar-refractivity contribution in [3.63, 3.8) is 0 Å². The fourth-order valence-electron chi connectivity index (χ4n) is 3.41. The Morgan fingerprint density at radius 2 is 0.538 bits per heavy atom. The largest absolute Gasteiger partial charge is 0.0942 e. The molecule has 0 bridgehead atoms. The van der Waals surface area contributed by atoms with E-state index >= 15 is 0 Å². The first kappa shape index (κ1) is 26.7. The van der Waals surface area contributed by atoms with Gasteiger partial charge in [0.25, 0.3) is 0 Å². The quantitative estimate of drug-likeness (QED) is 0.123. The van der Waals surface area contributed by atoms with E-state index in [-0.39, 0.29) is 0 Å². The Hall–Kier alpha value is 0.700. The molecule has 0 atom stereocenters. The highest BCUT2D eigenvalue weighted by molar-refractivity contribution is 8.76. The Bertz CT molecular complexity index is 206. The molecular weight excluding hydrogens is 352 g/mol. The van der Waals surface area contributed by atoms with Gasteiger partial charge in [0, 0.05) is 11.5 Å². The molecule has 0 rings (SSSR count). The maximum atomic E-state index is 2.30. The lowest BCUT2D eigenvalue weighted by Crippen LogP contribution is -1.84. The first-order valence-corrected chi connectivity index (χ1v) is 14.6. The van der Waals surface area contributed by atoms with Crippen molar-refractivity contribution in [3.8, 4) is 0 Å². The summed E-state index contributed by atoms with van der Waals surface area (Å²) < 4.78 is 0. The van der Waals surface area contributed by atoms with Gasteiger partial charge < -0.3 is 0 Å². The summed E-state index contributed by atoms with van der Waals surface area (Å²) >= 11 is 0. The van der Waals surface area contributed by atoms with Gasteiger partial charge in [-0.1, -0.05) is 151 Å². The molecule has 0 aliphatic carbocycles. The molecule has 0 aromatic heterocycles. The Balaban J connectivity index is 2.95. The van der Waals surface area contributed by atoms with Gasteiger partial charge in [-0.25, -0.2) is 0 Å². The van der Waals surface area contributed by atoms with Crippen molar-refractivity contribution in [2.24, 2.45) is 0 Å². The lowest BCUT2D eigenvalue weighted by Gasteiger charge is -2.04. The van der Waals surface area contributed by atoms with Gasteiger partial charge in [-0.15, -0.1) is 0 Å². The Labute approximate surface area is 175 Å². The summed E-state index contributed by atoms with van der Waals surface area (Å²) in [6.07, 6.45) is 29.1. The zero-order valence-electron chi connectivity index (χ0n) is 18.4. The second-order valence-corrected chi connectivity index (χ2v) is 10.7. The zero-order valence-corrected chi connectivity index (χ0v) is 20.0. The number of hydrogen-bond acceptors (Lipinski definition) is 2. The topological polar surface area (TPSA) is 0 Å². The summed E-state index contributed by atoms with van der Waals surface area (Å²) in [7, 11) is 4.25. The molecule has 0 aromatic carbocycles. The van der Waals surface area contributed by atoms with Crippen molar-refractivity contribution >= 4 is 21.6 Å². The molecule has 158 valence electrons. The van der Waals surface area contributed by atoms with Crippen LogP contribution in [0.25, 0.3) is 0 Å². The van der Waals surface area contributed by atoms with Gasteiger partial charge in [0.1, 0.15) is 0 Å². The van der Waals surface area contributed by atoms with E-state index in [1.54, 1.807) is 0 Å². The van der Waals surface area contributed by atoms with Gasteiger partial charge in [-0.2, -0.15) is 0 Å². The summed E-state index contributed by atoms with van der Waals surface area (Å²) in [4.78, 5) is 0. The van der Waals surface area contributed by atoms with Gasteiger partial charge in [0.2, 0.25) is 0 Å². The SMILES string of the molecule is CCCCCCCCCCCCSSCCCCCCCCCCCC. The van der Waals surface area contributed by atoms with Crippen LogP contribution in [0.1, 0.15) is 142 Å². The van der Waals surface area contributed by atoms with Gasteiger partial charge in [0.15, 0.2) is 0 Å². The maximum Gasteiger partial charge on any atom is 0.00369 e. The van der Waals surface area contributed by atoms with Crippen LogP contribution in [-0.4, -0.2) is 11.5 Å². The molecule has 2 heteroatoms. The predicted molar refractivity (Wildman–Crippen MR) is 129 cm³/mol. The summed E-state index contributed by atoms with van der Waals surface area (Å²) in [5, 5.41) is 0. The van der Waals surface area contributed by atoms with E-state index in [1.165, 1.54) is 140 Å². The maximum absolute atomic E-state index is 2.30. The Kier molecular flexibility index (Phi) is 26.4. The van der Waals surface area contributed by atoms with Crippen molar-refractivity contribution < 1.29 is 0 Å². The van der Waals surface area contributed by atoms with Crippen LogP contribution in [0, 0.1) is 0 Å². The molecule has 0 aromatic rings. The summed E-state index contributed by atoms with van der Waals surface area (Å²) in [6, 6.07) is 0. The summed E-state index contributed by atoms with van der Waals surface area (Å²) in [6.45, 7) is 4.60. The summed E-state index contributed by atoms with van der Waals surface area (Å²) in [5.74, 6) is 2.75. The van der Waals surface area contributed by atoms with E-state index < -0.39 is 0 Å². The monoisotopic (exact) mass is 402 g/mol. The number of rotatable bonds is 23. The van der Waals surface area contributed by atoms with Crippen LogP contribution >= 0.6 is 21.6 Å². The van der Waals surface area contributed by atoms with Gasteiger partial charge in [-0.3, -0.25) is 0 Å². The van der Waals surface area contributed by atoms with E-state index in [0.717, 1.165) is 0 Å². The van der Waals surface area contributed by atoms with E-state index in [9.17, 15) is 0 Å². The smallest absolute Gasteiger partial charge is 0.00369 e. The second-order valence-electron chi connectivity index (χ2n) is 8.01. The minimum absolute atomic E-state index is 1.37. The van der Waals surface area contributed by atoms with Crippen LogP contribution in [-0.2, 0) is 0 Å². The lowest BCUT2D eigenvalue weighted by atomic mass is 10.1. The fraction of sp³-hybridized carbons (Fsp3) is 1.00. The lowest BCUT2D eigenvalue weighted by molar-refractivity contribution is 0.563. The molecule has 0 saturated heterocycles. The molecule has 0 fully saturated rings. The van der Waals surface area contributed by atoms with Crippen LogP contribution in [0.3, 0.4) is 0 Å². The highest BCUT2D eigenvalue weighted by atomic mass is 33.1.